The second-order valence-electron chi connectivity index (χ2n) is 4.01. The van der Waals surface area contributed by atoms with Crippen molar-refractivity contribution in [3.05, 3.63) is 48.1 Å². The van der Waals surface area contributed by atoms with Gasteiger partial charge in [0.15, 0.2) is 0 Å². The molecule has 2 heterocycles. The van der Waals surface area contributed by atoms with Gasteiger partial charge in [0, 0.05) is 12.7 Å². The number of aromatic nitrogens is 2. The predicted molar refractivity (Wildman–Crippen MR) is 66.8 cm³/mol. The van der Waals surface area contributed by atoms with Gasteiger partial charge in [-0.15, -0.1) is 0 Å². The van der Waals surface area contributed by atoms with E-state index in [9.17, 15) is 13.6 Å². The molecule has 0 bridgehead atoms. The molecule has 1 amide bonds. The fraction of sp³-hybridized carbons (Fsp3) is 0.231. The lowest BCUT2D eigenvalue weighted by Gasteiger charge is -2.09. The van der Waals surface area contributed by atoms with Gasteiger partial charge in [0.05, 0.1) is 5.69 Å². The van der Waals surface area contributed by atoms with Crippen molar-refractivity contribution in [3.63, 3.8) is 0 Å². The molecule has 0 fully saturated rings. The number of nitrogens with one attached hydrogen (secondary N) is 1. The summed E-state index contributed by atoms with van der Waals surface area (Å²) < 4.78 is 27.8. The normalized spacial score (nSPS) is 10.5. The number of rotatable bonds is 4. The largest absolute Gasteiger partial charge is 0.344 e. The van der Waals surface area contributed by atoms with E-state index in [1.165, 1.54) is 0 Å². The SMILES string of the molecule is CCCn1cccc1C(=O)Nc1ccc(F)nc1F. The fourth-order valence-corrected chi connectivity index (χ4v) is 1.75. The first kappa shape index (κ1) is 13.2. The van der Waals surface area contributed by atoms with Crippen LogP contribution < -0.4 is 5.32 Å². The molecule has 1 N–H and O–H groups in total. The van der Waals surface area contributed by atoms with E-state index in [0.29, 0.717) is 12.2 Å². The highest BCUT2D eigenvalue weighted by Crippen LogP contribution is 2.14. The van der Waals surface area contributed by atoms with Crippen LogP contribution in [0.2, 0.25) is 0 Å². The third-order valence-electron chi connectivity index (χ3n) is 2.59. The van der Waals surface area contributed by atoms with Crippen LogP contribution in [0.15, 0.2) is 30.5 Å². The molecule has 0 aromatic carbocycles. The minimum Gasteiger partial charge on any atom is -0.344 e. The first-order chi connectivity index (χ1) is 9.11. The summed E-state index contributed by atoms with van der Waals surface area (Å²) in [6.07, 6.45) is 2.65. The maximum Gasteiger partial charge on any atom is 0.272 e. The standard InChI is InChI=1S/C13H13F2N3O/c1-2-7-18-8-3-4-10(18)13(19)16-9-5-6-11(14)17-12(9)15/h3-6,8H,2,7H2,1H3,(H,16,19). The molecule has 0 radical (unpaired) electrons. The highest BCUT2D eigenvalue weighted by molar-refractivity contribution is 6.03. The highest BCUT2D eigenvalue weighted by atomic mass is 19.1. The molecule has 0 saturated carbocycles. The molecule has 100 valence electrons. The molecule has 0 aliphatic heterocycles. The molecular formula is C13H13F2N3O. The van der Waals surface area contributed by atoms with Crippen molar-refractivity contribution < 1.29 is 13.6 Å². The van der Waals surface area contributed by atoms with Crippen molar-refractivity contribution in [2.24, 2.45) is 0 Å². The van der Waals surface area contributed by atoms with Gasteiger partial charge in [-0.3, -0.25) is 4.79 Å². The Morgan fingerprint density at radius 2 is 2.16 bits per heavy atom. The van der Waals surface area contributed by atoms with Gasteiger partial charge in [0.1, 0.15) is 5.69 Å². The topological polar surface area (TPSA) is 46.9 Å². The lowest BCUT2D eigenvalue weighted by molar-refractivity contribution is 0.101. The van der Waals surface area contributed by atoms with Crippen LogP contribution in [0.4, 0.5) is 14.5 Å². The third kappa shape index (κ3) is 2.96. The van der Waals surface area contributed by atoms with E-state index in [1.54, 1.807) is 22.9 Å². The van der Waals surface area contributed by atoms with Crippen LogP contribution in [0.25, 0.3) is 0 Å². The van der Waals surface area contributed by atoms with Crippen LogP contribution >= 0.6 is 0 Å². The zero-order valence-corrected chi connectivity index (χ0v) is 10.4. The van der Waals surface area contributed by atoms with Crippen molar-refractivity contribution in [1.82, 2.24) is 9.55 Å². The van der Waals surface area contributed by atoms with Crippen LogP contribution in [0.1, 0.15) is 23.8 Å². The zero-order valence-electron chi connectivity index (χ0n) is 10.4. The van der Waals surface area contributed by atoms with Crippen molar-refractivity contribution in [1.29, 1.82) is 0 Å². The monoisotopic (exact) mass is 265 g/mol. The molecule has 0 aliphatic carbocycles. The molecule has 0 aliphatic rings. The number of amides is 1. The van der Waals surface area contributed by atoms with Gasteiger partial charge in [-0.05, 0) is 30.7 Å². The Morgan fingerprint density at radius 1 is 1.37 bits per heavy atom. The lowest BCUT2D eigenvalue weighted by Crippen LogP contribution is -2.18. The number of nitrogens with zero attached hydrogens (tertiary/aromatic N) is 2. The molecule has 2 aromatic heterocycles. The Morgan fingerprint density at radius 3 is 2.84 bits per heavy atom. The molecule has 0 spiro atoms. The summed E-state index contributed by atoms with van der Waals surface area (Å²) in [5.41, 5.74) is 0.279. The summed E-state index contributed by atoms with van der Waals surface area (Å²) in [5.74, 6) is -2.42. The number of halogens is 2. The number of hydrogen-bond acceptors (Lipinski definition) is 2. The van der Waals surface area contributed by atoms with Crippen molar-refractivity contribution in [3.8, 4) is 0 Å². The Kier molecular flexibility index (Phi) is 3.89. The van der Waals surface area contributed by atoms with E-state index < -0.39 is 17.8 Å². The van der Waals surface area contributed by atoms with Crippen LogP contribution in [-0.2, 0) is 6.54 Å². The minimum atomic E-state index is -1.04. The van der Waals surface area contributed by atoms with Crippen molar-refractivity contribution >= 4 is 11.6 Å². The summed E-state index contributed by atoms with van der Waals surface area (Å²) >= 11 is 0. The van der Waals surface area contributed by atoms with Gasteiger partial charge in [-0.25, -0.2) is 0 Å². The molecule has 2 aromatic rings. The molecule has 0 saturated heterocycles. The van der Waals surface area contributed by atoms with E-state index in [2.05, 4.69) is 10.3 Å². The van der Waals surface area contributed by atoms with Gasteiger partial charge < -0.3 is 9.88 Å². The predicted octanol–water partition coefficient (Wildman–Crippen LogP) is 2.82. The number of pyridine rings is 1. The molecule has 0 unspecified atom stereocenters. The average molecular weight is 265 g/mol. The van der Waals surface area contributed by atoms with Gasteiger partial charge in [0.25, 0.3) is 5.91 Å². The first-order valence-corrected chi connectivity index (χ1v) is 5.90. The van der Waals surface area contributed by atoms with Crippen LogP contribution in [0.5, 0.6) is 0 Å². The van der Waals surface area contributed by atoms with E-state index >= 15 is 0 Å². The van der Waals surface area contributed by atoms with E-state index in [-0.39, 0.29) is 5.69 Å². The smallest absolute Gasteiger partial charge is 0.272 e. The summed E-state index contributed by atoms with van der Waals surface area (Å²) in [6.45, 7) is 2.69. The van der Waals surface area contributed by atoms with E-state index in [1.807, 2.05) is 6.92 Å². The zero-order chi connectivity index (χ0) is 13.8. The quantitative estimate of drug-likeness (QED) is 0.864. The molecule has 0 atom stereocenters. The minimum absolute atomic E-state index is 0.143. The van der Waals surface area contributed by atoms with Gasteiger partial charge in [-0.2, -0.15) is 13.8 Å². The first-order valence-electron chi connectivity index (χ1n) is 5.90. The van der Waals surface area contributed by atoms with Crippen molar-refractivity contribution in [2.45, 2.75) is 19.9 Å². The summed E-state index contributed by atoms with van der Waals surface area (Å²) in [7, 11) is 0. The van der Waals surface area contributed by atoms with Crippen LogP contribution in [0, 0.1) is 11.9 Å². The molecule has 19 heavy (non-hydrogen) atoms. The second-order valence-corrected chi connectivity index (χ2v) is 4.01. The fourth-order valence-electron chi connectivity index (χ4n) is 1.75. The summed E-state index contributed by atoms with van der Waals surface area (Å²) in [5, 5.41) is 2.37. The number of aryl methyl sites for hydroxylation is 1. The Balaban J connectivity index is 2.18. The molecule has 6 heteroatoms. The average Bonchev–Trinajstić information content (AvgIpc) is 2.81. The van der Waals surface area contributed by atoms with Gasteiger partial charge in [-0.1, -0.05) is 6.92 Å². The van der Waals surface area contributed by atoms with E-state index in [0.717, 1.165) is 18.6 Å². The number of carbonyl (C=O) groups is 1. The number of carbonyl (C=O) groups excluding carboxylic acids is 1. The van der Waals surface area contributed by atoms with Crippen LogP contribution in [-0.4, -0.2) is 15.5 Å². The maximum atomic E-state index is 13.3. The summed E-state index contributed by atoms with van der Waals surface area (Å²) in [4.78, 5) is 15.0. The number of hydrogen-bond donors (Lipinski definition) is 1. The summed E-state index contributed by atoms with van der Waals surface area (Å²) in [6, 6.07) is 5.51. The molecule has 4 nitrogen and oxygen atoms in total. The van der Waals surface area contributed by atoms with Gasteiger partial charge >= 0.3 is 0 Å². The van der Waals surface area contributed by atoms with Crippen molar-refractivity contribution in [2.75, 3.05) is 5.32 Å². The lowest BCUT2D eigenvalue weighted by atomic mass is 10.3. The second kappa shape index (κ2) is 5.60. The van der Waals surface area contributed by atoms with Crippen LogP contribution in [0.3, 0.4) is 0 Å². The number of anilines is 1. The molecular weight excluding hydrogens is 252 g/mol. The van der Waals surface area contributed by atoms with Gasteiger partial charge in [0.2, 0.25) is 11.9 Å². The third-order valence-corrected chi connectivity index (χ3v) is 2.59. The Labute approximate surface area is 109 Å². The Bertz CT molecular complexity index is 595. The molecule has 2 rings (SSSR count). The maximum absolute atomic E-state index is 13.3. The van der Waals surface area contributed by atoms with E-state index in [4.69, 9.17) is 0 Å². The highest BCUT2D eigenvalue weighted by Gasteiger charge is 2.13. The Hall–Kier alpha value is -2.24.